The Labute approximate surface area is 121 Å². The Morgan fingerprint density at radius 2 is 2.25 bits per heavy atom. The van der Waals surface area contributed by atoms with Gasteiger partial charge in [0.25, 0.3) is 0 Å². The maximum Gasteiger partial charge on any atom is 0.317 e. The van der Waals surface area contributed by atoms with Gasteiger partial charge in [-0.05, 0) is 12.1 Å². The average molecular weight is 313 g/mol. The second-order valence-electron chi connectivity index (χ2n) is 4.49. The summed E-state index contributed by atoms with van der Waals surface area (Å²) >= 11 is 7.41. The van der Waals surface area contributed by atoms with Crippen molar-refractivity contribution in [2.75, 3.05) is 5.75 Å². The van der Waals surface area contributed by atoms with Crippen LogP contribution in [0.2, 0.25) is 5.02 Å². The van der Waals surface area contributed by atoms with Gasteiger partial charge in [-0.1, -0.05) is 11.6 Å². The van der Waals surface area contributed by atoms with E-state index in [1.54, 1.807) is 12.1 Å². The summed E-state index contributed by atoms with van der Waals surface area (Å²) in [4.78, 5) is 37.9. The molecule has 2 aromatic rings. The van der Waals surface area contributed by atoms with Gasteiger partial charge in [-0.3, -0.25) is 19.0 Å². The molecular weight excluding hydrogens is 304 g/mol. The summed E-state index contributed by atoms with van der Waals surface area (Å²) in [7, 11) is 0. The number of halogens is 1. The van der Waals surface area contributed by atoms with Gasteiger partial charge in [0.1, 0.15) is 0 Å². The number of rotatable bonds is 2. The topological polar surface area (TPSA) is 92.2 Å². The number of nitrogens with one attached hydrogen (secondary N) is 1. The molecule has 6 nitrogen and oxygen atoms in total. The predicted octanol–water partition coefficient (Wildman–Crippen LogP) is 1.46. The molecule has 1 unspecified atom stereocenters. The lowest BCUT2D eigenvalue weighted by Gasteiger charge is -2.26. The molecule has 0 saturated heterocycles. The molecule has 1 aliphatic heterocycles. The standard InChI is InChI=1S/C12H9ClN2O4S/c13-5-1-7-10-8(2-5)20-4-6(3-9(16)17)15(10)12(19)11(18)14-7/h1-2,6H,3-4H2,(H,14,18)(H,16,17). The summed E-state index contributed by atoms with van der Waals surface area (Å²) in [5, 5.41) is 9.40. The number of nitrogens with zero attached hydrogens (tertiary/aromatic N) is 1. The van der Waals surface area contributed by atoms with Crippen LogP contribution in [0, 0.1) is 0 Å². The highest BCUT2D eigenvalue weighted by atomic mass is 35.5. The van der Waals surface area contributed by atoms with Crippen LogP contribution >= 0.6 is 23.4 Å². The van der Waals surface area contributed by atoms with E-state index in [1.807, 2.05) is 0 Å². The number of thioether (sulfide) groups is 1. The van der Waals surface area contributed by atoms with Crippen molar-refractivity contribution in [2.45, 2.75) is 17.4 Å². The summed E-state index contributed by atoms with van der Waals surface area (Å²) in [6.07, 6.45) is -0.201. The third-order valence-electron chi connectivity index (χ3n) is 3.15. The summed E-state index contributed by atoms with van der Waals surface area (Å²) in [6, 6.07) is 2.73. The molecule has 1 aliphatic rings. The number of carbonyl (C=O) groups is 1. The van der Waals surface area contributed by atoms with Crippen molar-refractivity contribution in [3.63, 3.8) is 0 Å². The Hall–Kier alpha value is -1.73. The minimum atomic E-state index is -1.01. The van der Waals surface area contributed by atoms with Crippen molar-refractivity contribution in [2.24, 2.45) is 0 Å². The van der Waals surface area contributed by atoms with Crippen LogP contribution in [0.5, 0.6) is 0 Å². The van der Waals surface area contributed by atoms with Gasteiger partial charge >= 0.3 is 17.1 Å². The highest BCUT2D eigenvalue weighted by molar-refractivity contribution is 7.99. The first-order chi connectivity index (χ1) is 9.47. The number of hydrogen-bond donors (Lipinski definition) is 2. The van der Waals surface area contributed by atoms with E-state index in [-0.39, 0.29) is 6.42 Å². The van der Waals surface area contributed by atoms with Crippen molar-refractivity contribution in [3.05, 3.63) is 37.9 Å². The molecule has 1 atom stereocenters. The van der Waals surface area contributed by atoms with E-state index in [0.29, 0.717) is 21.8 Å². The summed E-state index contributed by atoms with van der Waals surface area (Å²) < 4.78 is 1.28. The number of aromatic nitrogens is 2. The first kappa shape index (κ1) is 13.3. The van der Waals surface area contributed by atoms with Gasteiger partial charge in [-0.15, -0.1) is 11.8 Å². The minimum absolute atomic E-state index is 0.201. The fourth-order valence-corrected chi connectivity index (χ4v) is 3.85. The van der Waals surface area contributed by atoms with Crippen LogP contribution < -0.4 is 11.1 Å². The molecule has 20 heavy (non-hydrogen) atoms. The van der Waals surface area contributed by atoms with Gasteiger partial charge in [-0.2, -0.15) is 0 Å². The Morgan fingerprint density at radius 3 is 2.95 bits per heavy atom. The molecule has 2 N–H and O–H groups in total. The lowest BCUT2D eigenvalue weighted by molar-refractivity contribution is -0.137. The van der Waals surface area contributed by atoms with Crippen LogP contribution in [0.4, 0.5) is 0 Å². The SMILES string of the molecule is O=C(O)CC1CSc2cc(Cl)cc3[nH]c(=O)c(=O)n1c23. The zero-order valence-corrected chi connectivity index (χ0v) is 11.6. The molecule has 2 heterocycles. The number of hydrogen-bond acceptors (Lipinski definition) is 4. The van der Waals surface area contributed by atoms with Crippen LogP contribution in [0.25, 0.3) is 11.0 Å². The number of carboxylic acid groups (broad SMARTS) is 1. The van der Waals surface area contributed by atoms with Crippen LogP contribution in [-0.2, 0) is 4.79 Å². The van der Waals surface area contributed by atoms with Crippen LogP contribution in [0.3, 0.4) is 0 Å². The zero-order chi connectivity index (χ0) is 14.4. The molecule has 104 valence electrons. The number of aromatic amines is 1. The third kappa shape index (κ3) is 2.03. The van der Waals surface area contributed by atoms with Crippen LogP contribution in [0.15, 0.2) is 26.6 Å². The van der Waals surface area contributed by atoms with Crippen LogP contribution in [0.1, 0.15) is 12.5 Å². The molecule has 1 aromatic carbocycles. The lowest BCUT2D eigenvalue weighted by Crippen LogP contribution is -2.40. The van der Waals surface area contributed by atoms with E-state index in [1.165, 1.54) is 16.3 Å². The molecule has 0 fully saturated rings. The maximum atomic E-state index is 12.1. The van der Waals surface area contributed by atoms with E-state index in [0.717, 1.165) is 4.90 Å². The molecule has 0 radical (unpaired) electrons. The molecule has 3 rings (SSSR count). The van der Waals surface area contributed by atoms with Crippen molar-refractivity contribution in [1.29, 1.82) is 0 Å². The van der Waals surface area contributed by atoms with Gasteiger partial charge in [0.05, 0.1) is 23.5 Å². The van der Waals surface area contributed by atoms with Gasteiger partial charge in [0.2, 0.25) is 0 Å². The molecule has 0 saturated carbocycles. The molecule has 0 aliphatic carbocycles. The first-order valence-electron chi connectivity index (χ1n) is 5.80. The predicted molar refractivity (Wildman–Crippen MR) is 75.9 cm³/mol. The normalized spacial score (nSPS) is 17.4. The highest BCUT2D eigenvalue weighted by Gasteiger charge is 2.26. The van der Waals surface area contributed by atoms with Crippen molar-refractivity contribution in [3.8, 4) is 0 Å². The Balaban J connectivity index is 2.39. The van der Waals surface area contributed by atoms with Crippen molar-refractivity contribution >= 4 is 40.4 Å². The lowest BCUT2D eigenvalue weighted by atomic mass is 10.2. The minimum Gasteiger partial charge on any atom is -0.481 e. The number of benzene rings is 1. The van der Waals surface area contributed by atoms with Crippen LogP contribution in [-0.4, -0.2) is 26.4 Å². The first-order valence-corrected chi connectivity index (χ1v) is 7.16. The Morgan fingerprint density at radius 1 is 1.50 bits per heavy atom. The zero-order valence-electron chi connectivity index (χ0n) is 10.1. The Kier molecular flexibility index (Phi) is 3.10. The van der Waals surface area contributed by atoms with Gasteiger partial charge in [0, 0.05) is 15.7 Å². The average Bonchev–Trinajstić information content (AvgIpc) is 2.36. The molecular formula is C12H9ClN2O4S. The monoisotopic (exact) mass is 312 g/mol. The van der Waals surface area contributed by atoms with Crippen molar-refractivity contribution < 1.29 is 9.90 Å². The van der Waals surface area contributed by atoms with E-state index < -0.39 is 23.1 Å². The quantitative estimate of drug-likeness (QED) is 0.819. The fraction of sp³-hybridized carbons (Fsp3) is 0.250. The smallest absolute Gasteiger partial charge is 0.317 e. The molecule has 8 heteroatoms. The van der Waals surface area contributed by atoms with Gasteiger partial charge < -0.3 is 10.1 Å². The summed E-state index contributed by atoms with van der Waals surface area (Å²) in [5.41, 5.74) is -0.512. The van der Waals surface area contributed by atoms with E-state index in [4.69, 9.17) is 16.7 Å². The fourth-order valence-electron chi connectivity index (χ4n) is 2.38. The maximum absolute atomic E-state index is 12.1. The number of aliphatic carboxylic acids is 1. The summed E-state index contributed by atoms with van der Waals surface area (Å²) in [5.74, 6) is -0.591. The Bertz CT molecular complexity index is 842. The number of H-pyrrole nitrogens is 1. The largest absolute Gasteiger partial charge is 0.481 e. The molecule has 0 bridgehead atoms. The van der Waals surface area contributed by atoms with E-state index in [9.17, 15) is 14.4 Å². The second-order valence-corrected chi connectivity index (χ2v) is 5.99. The summed E-state index contributed by atoms with van der Waals surface area (Å²) in [6.45, 7) is 0. The van der Waals surface area contributed by atoms with Gasteiger partial charge in [0.15, 0.2) is 0 Å². The third-order valence-corrected chi connectivity index (χ3v) is 4.54. The number of carboxylic acids is 1. The molecule has 0 spiro atoms. The van der Waals surface area contributed by atoms with Crippen molar-refractivity contribution in [1.82, 2.24) is 9.55 Å². The van der Waals surface area contributed by atoms with Gasteiger partial charge in [-0.25, -0.2) is 0 Å². The van der Waals surface area contributed by atoms with E-state index in [2.05, 4.69) is 4.98 Å². The molecule has 1 aromatic heterocycles. The second kappa shape index (κ2) is 4.68. The highest BCUT2D eigenvalue weighted by Crippen LogP contribution is 2.37. The van der Waals surface area contributed by atoms with E-state index >= 15 is 0 Å². The molecule has 0 amide bonds.